The average molecular weight is 422 g/mol. The third kappa shape index (κ3) is 6.06. The molecule has 2 aliphatic rings. The molecule has 29 heavy (non-hydrogen) atoms. The Balaban J connectivity index is 1.90. The number of unbranched alkanes of at least 4 members (excludes halogenated alkanes) is 2. The lowest BCUT2D eigenvalue weighted by Gasteiger charge is -2.42. The first-order valence-corrected chi connectivity index (χ1v) is 9.48. The van der Waals surface area contributed by atoms with Crippen molar-refractivity contribution in [1.82, 2.24) is 0 Å². The van der Waals surface area contributed by atoms with E-state index in [1.807, 2.05) is 0 Å². The zero-order valence-corrected chi connectivity index (χ0v) is 15.9. The Bertz CT molecular complexity index is 524. The minimum atomic E-state index is -1.62. The van der Waals surface area contributed by atoms with Gasteiger partial charge in [0, 0.05) is 13.0 Å². The van der Waals surface area contributed by atoms with E-state index in [-0.39, 0.29) is 6.61 Å². The number of aliphatic hydroxyl groups is 7. The molecule has 0 unspecified atom stereocenters. The molecular formula is C18H30O11. The molecule has 0 bridgehead atoms. The fourth-order valence-corrected chi connectivity index (χ4v) is 3.12. The van der Waals surface area contributed by atoms with Crippen LogP contribution in [-0.2, 0) is 18.9 Å². The average Bonchev–Trinajstić information content (AvgIpc) is 2.72. The maximum absolute atomic E-state index is 10.1. The normalized spacial score (nSPS) is 43.1. The highest BCUT2D eigenvalue weighted by molar-refractivity contribution is 4.91. The summed E-state index contributed by atoms with van der Waals surface area (Å²) < 4.78 is 21.4. The summed E-state index contributed by atoms with van der Waals surface area (Å²) in [5.74, 6) is 2.49. The van der Waals surface area contributed by atoms with Crippen LogP contribution in [0.25, 0.3) is 0 Å². The van der Waals surface area contributed by atoms with Gasteiger partial charge in [0.25, 0.3) is 0 Å². The lowest BCUT2D eigenvalue weighted by molar-refractivity contribution is -0.331. The van der Waals surface area contributed by atoms with Crippen molar-refractivity contribution in [3.05, 3.63) is 0 Å². The van der Waals surface area contributed by atoms with Gasteiger partial charge in [-0.2, -0.15) is 0 Å². The van der Waals surface area contributed by atoms with E-state index in [0.717, 1.165) is 0 Å². The largest absolute Gasteiger partial charge is 0.394 e. The van der Waals surface area contributed by atoms with Gasteiger partial charge < -0.3 is 54.7 Å². The van der Waals surface area contributed by atoms with E-state index in [4.69, 9.17) is 25.4 Å². The third-order valence-corrected chi connectivity index (χ3v) is 4.94. The van der Waals surface area contributed by atoms with Crippen molar-refractivity contribution in [2.24, 2.45) is 0 Å². The van der Waals surface area contributed by atoms with E-state index >= 15 is 0 Å². The quantitative estimate of drug-likeness (QED) is 0.144. The predicted molar refractivity (Wildman–Crippen MR) is 95.0 cm³/mol. The monoisotopic (exact) mass is 422 g/mol. The Morgan fingerprint density at radius 1 is 0.724 bits per heavy atom. The molecule has 2 aliphatic heterocycles. The molecule has 2 rings (SSSR count). The Morgan fingerprint density at radius 3 is 1.86 bits per heavy atom. The van der Waals surface area contributed by atoms with Crippen molar-refractivity contribution in [2.45, 2.75) is 80.7 Å². The molecule has 7 N–H and O–H groups in total. The van der Waals surface area contributed by atoms with Gasteiger partial charge in [0.1, 0.15) is 48.8 Å². The van der Waals surface area contributed by atoms with Crippen LogP contribution in [0.3, 0.4) is 0 Å². The number of rotatable bonds is 9. The molecule has 0 saturated carbocycles. The lowest BCUT2D eigenvalue weighted by atomic mass is 9.98. The van der Waals surface area contributed by atoms with Crippen molar-refractivity contribution in [3.63, 3.8) is 0 Å². The second kappa shape index (κ2) is 11.5. The first kappa shape index (κ1) is 24.4. The Kier molecular flexibility index (Phi) is 9.67. The smallest absolute Gasteiger partial charge is 0.186 e. The molecule has 0 aromatic carbocycles. The van der Waals surface area contributed by atoms with Gasteiger partial charge in [-0.1, -0.05) is 0 Å². The molecule has 0 spiro atoms. The van der Waals surface area contributed by atoms with E-state index in [9.17, 15) is 35.7 Å². The van der Waals surface area contributed by atoms with Crippen LogP contribution in [0.4, 0.5) is 0 Å². The number of terminal acetylenes is 1. The number of aliphatic hydroxyl groups excluding tert-OH is 7. The predicted octanol–water partition coefficient (Wildman–Crippen LogP) is -3.57. The summed E-state index contributed by atoms with van der Waals surface area (Å²) in [6.45, 7) is -0.801. The zero-order valence-electron chi connectivity index (χ0n) is 15.9. The molecular weight excluding hydrogens is 392 g/mol. The van der Waals surface area contributed by atoms with E-state index in [0.29, 0.717) is 19.3 Å². The molecule has 0 aromatic heterocycles. The summed E-state index contributed by atoms with van der Waals surface area (Å²) >= 11 is 0. The Labute approximate surface area is 168 Å². The summed E-state index contributed by atoms with van der Waals surface area (Å²) in [6, 6.07) is 0. The highest BCUT2D eigenvalue weighted by Crippen LogP contribution is 2.26. The molecule has 11 heteroatoms. The highest BCUT2D eigenvalue weighted by atomic mass is 16.7. The summed E-state index contributed by atoms with van der Waals surface area (Å²) in [5.41, 5.74) is 0. The Morgan fingerprint density at radius 2 is 1.28 bits per heavy atom. The fourth-order valence-electron chi connectivity index (χ4n) is 3.12. The van der Waals surface area contributed by atoms with Gasteiger partial charge in [-0.3, -0.25) is 0 Å². The molecule has 0 amide bonds. The molecule has 10 atom stereocenters. The van der Waals surface area contributed by atoms with Crippen LogP contribution in [0.15, 0.2) is 0 Å². The molecule has 0 radical (unpaired) electrons. The minimum Gasteiger partial charge on any atom is -0.394 e. The van der Waals surface area contributed by atoms with Crippen LogP contribution in [0.2, 0.25) is 0 Å². The van der Waals surface area contributed by atoms with Gasteiger partial charge in [0.15, 0.2) is 12.6 Å². The summed E-state index contributed by atoms with van der Waals surface area (Å²) in [5, 5.41) is 68.9. The SMILES string of the molecule is C#CCCCCO[C@H]1O[C@H](CO[C@H]2O[C@H](CO)[C@@H](O)[C@H](O)[C@@H]2O)[C@@H](O)[C@H](O)[C@@H]1O. The maximum atomic E-state index is 10.1. The van der Waals surface area contributed by atoms with Gasteiger partial charge >= 0.3 is 0 Å². The Hall–Kier alpha value is -0.880. The van der Waals surface area contributed by atoms with Gasteiger partial charge in [-0.15, -0.1) is 12.3 Å². The van der Waals surface area contributed by atoms with E-state index in [1.54, 1.807) is 0 Å². The van der Waals surface area contributed by atoms with E-state index in [2.05, 4.69) is 5.92 Å². The first-order chi connectivity index (χ1) is 13.8. The topological polar surface area (TPSA) is 179 Å². The standard InChI is InChI=1S/C18H30O11/c1-2-3-4-5-6-26-17-15(24)14(23)12(21)10(29-17)8-27-18-16(25)13(22)11(20)9(7-19)28-18/h1,9-25H,3-8H2/t9-,10-,11-,12-,13+,14+,15+,16+,17+,18+/m1/s1. The van der Waals surface area contributed by atoms with Crippen LogP contribution in [-0.4, -0.2) is 117 Å². The molecule has 2 heterocycles. The van der Waals surface area contributed by atoms with E-state index in [1.165, 1.54) is 0 Å². The molecule has 11 nitrogen and oxygen atoms in total. The zero-order chi connectivity index (χ0) is 21.6. The molecule has 0 aliphatic carbocycles. The minimum absolute atomic E-state index is 0.215. The van der Waals surface area contributed by atoms with Crippen molar-refractivity contribution in [1.29, 1.82) is 0 Å². The molecule has 2 saturated heterocycles. The van der Waals surface area contributed by atoms with Crippen LogP contribution in [0.1, 0.15) is 19.3 Å². The van der Waals surface area contributed by atoms with Gasteiger partial charge in [-0.25, -0.2) is 0 Å². The third-order valence-electron chi connectivity index (χ3n) is 4.94. The second-order valence-electron chi connectivity index (χ2n) is 7.08. The van der Waals surface area contributed by atoms with Gasteiger partial charge in [0.2, 0.25) is 0 Å². The van der Waals surface area contributed by atoms with Crippen LogP contribution in [0.5, 0.6) is 0 Å². The van der Waals surface area contributed by atoms with Crippen molar-refractivity contribution in [3.8, 4) is 12.3 Å². The molecule has 0 aromatic rings. The van der Waals surface area contributed by atoms with Crippen molar-refractivity contribution in [2.75, 3.05) is 19.8 Å². The highest BCUT2D eigenvalue weighted by Gasteiger charge is 2.47. The second-order valence-corrected chi connectivity index (χ2v) is 7.08. The first-order valence-electron chi connectivity index (χ1n) is 9.48. The molecule has 2 fully saturated rings. The van der Waals surface area contributed by atoms with Crippen molar-refractivity contribution >= 4 is 0 Å². The van der Waals surface area contributed by atoms with Gasteiger partial charge in [0.05, 0.1) is 13.2 Å². The maximum Gasteiger partial charge on any atom is 0.186 e. The van der Waals surface area contributed by atoms with Crippen LogP contribution < -0.4 is 0 Å². The van der Waals surface area contributed by atoms with Gasteiger partial charge in [-0.05, 0) is 12.8 Å². The van der Waals surface area contributed by atoms with Crippen LogP contribution in [0, 0.1) is 12.3 Å². The fraction of sp³-hybridized carbons (Fsp3) is 0.889. The molecule has 168 valence electrons. The summed E-state index contributed by atoms with van der Waals surface area (Å²) in [6.07, 6.45) is -7.20. The van der Waals surface area contributed by atoms with Crippen molar-refractivity contribution < 1.29 is 54.7 Å². The summed E-state index contributed by atoms with van der Waals surface area (Å²) in [4.78, 5) is 0. The van der Waals surface area contributed by atoms with Crippen LogP contribution >= 0.6 is 0 Å². The number of ether oxygens (including phenoxy) is 4. The number of hydrogen-bond donors (Lipinski definition) is 7. The van der Waals surface area contributed by atoms with E-state index < -0.39 is 74.6 Å². The number of hydrogen-bond acceptors (Lipinski definition) is 11. The lowest BCUT2D eigenvalue weighted by Crippen LogP contribution is -2.61. The summed E-state index contributed by atoms with van der Waals surface area (Å²) in [7, 11) is 0.